The third-order valence-electron chi connectivity index (χ3n) is 5.10. The van der Waals surface area contributed by atoms with E-state index in [0.717, 1.165) is 45.1 Å². The van der Waals surface area contributed by atoms with Crippen molar-refractivity contribution in [1.82, 2.24) is 10.2 Å². The zero-order valence-corrected chi connectivity index (χ0v) is 14.7. The van der Waals surface area contributed by atoms with Crippen LogP contribution in [0.5, 0.6) is 0 Å². The molecule has 1 aromatic carbocycles. The first-order chi connectivity index (χ1) is 11.1. The van der Waals surface area contributed by atoms with Crippen molar-refractivity contribution in [2.24, 2.45) is 11.8 Å². The molecule has 1 heterocycles. The molecule has 6 heteroatoms. The zero-order valence-electron chi connectivity index (χ0n) is 13.9. The fraction of sp³-hybridized carbons (Fsp3) is 0.611. The number of amides is 1. The average molecular weight is 359 g/mol. The lowest BCUT2D eigenvalue weighted by molar-refractivity contribution is -0.134. The van der Waals surface area contributed by atoms with Gasteiger partial charge in [-0.2, -0.15) is 0 Å². The number of halogens is 3. The minimum Gasteiger partial charge on any atom is -0.342 e. The van der Waals surface area contributed by atoms with Crippen molar-refractivity contribution in [1.29, 1.82) is 0 Å². The molecule has 1 saturated heterocycles. The third kappa shape index (κ3) is 4.06. The number of likely N-dealkylation sites (tertiary alicyclic amines) is 1. The van der Waals surface area contributed by atoms with Crippen LogP contribution < -0.4 is 5.32 Å². The summed E-state index contributed by atoms with van der Waals surface area (Å²) in [6.45, 7) is 5.64. The Hall–Kier alpha value is -1.20. The maximum absolute atomic E-state index is 13.8. The molecule has 3 rings (SSSR count). The highest BCUT2D eigenvalue weighted by Gasteiger charge is 2.47. The first-order valence-corrected chi connectivity index (χ1v) is 8.55. The molecule has 1 aliphatic heterocycles. The lowest BCUT2D eigenvalue weighted by Gasteiger charge is -2.32. The lowest BCUT2D eigenvalue weighted by Crippen LogP contribution is -2.41. The molecule has 2 aliphatic rings. The maximum Gasteiger partial charge on any atom is 0.226 e. The topological polar surface area (TPSA) is 32.3 Å². The van der Waals surface area contributed by atoms with Gasteiger partial charge in [0.15, 0.2) is 11.6 Å². The Morgan fingerprint density at radius 3 is 2.67 bits per heavy atom. The van der Waals surface area contributed by atoms with Crippen LogP contribution in [0.4, 0.5) is 8.78 Å². The van der Waals surface area contributed by atoms with Crippen LogP contribution in [0, 0.1) is 23.5 Å². The molecule has 2 unspecified atom stereocenters. The van der Waals surface area contributed by atoms with Crippen LogP contribution in [-0.2, 0) is 4.79 Å². The molecular weight excluding hydrogens is 334 g/mol. The van der Waals surface area contributed by atoms with Gasteiger partial charge in [-0.3, -0.25) is 4.79 Å². The summed E-state index contributed by atoms with van der Waals surface area (Å²) < 4.78 is 27.2. The first-order valence-electron chi connectivity index (χ1n) is 8.55. The number of hydrogen-bond donors (Lipinski definition) is 1. The number of carbonyl (C=O) groups excluding carboxylic acids is 1. The van der Waals surface area contributed by atoms with Gasteiger partial charge in [-0.05, 0) is 55.8 Å². The second-order valence-corrected chi connectivity index (χ2v) is 6.67. The SMILES string of the molecule is CCNCC1CCN(C(=O)C2CC2c2cccc(F)c2F)CC1.Cl. The van der Waals surface area contributed by atoms with Gasteiger partial charge in [0.05, 0.1) is 0 Å². The summed E-state index contributed by atoms with van der Waals surface area (Å²) in [5.41, 5.74) is 0.352. The largest absolute Gasteiger partial charge is 0.342 e. The molecule has 1 aromatic rings. The van der Waals surface area contributed by atoms with Crippen LogP contribution in [0.25, 0.3) is 0 Å². The third-order valence-corrected chi connectivity index (χ3v) is 5.10. The Balaban J connectivity index is 0.00000208. The highest BCUT2D eigenvalue weighted by atomic mass is 35.5. The second-order valence-electron chi connectivity index (χ2n) is 6.67. The summed E-state index contributed by atoms with van der Waals surface area (Å²) in [5, 5.41) is 3.36. The molecule has 1 saturated carbocycles. The first kappa shape index (κ1) is 19.1. The number of rotatable bonds is 5. The fourth-order valence-corrected chi connectivity index (χ4v) is 3.56. The van der Waals surface area contributed by atoms with Crippen LogP contribution in [0.2, 0.25) is 0 Å². The molecule has 1 N–H and O–H groups in total. The number of hydrogen-bond acceptors (Lipinski definition) is 2. The van der Waals surface area contributed by atoms with E-state index in [2.05, 4.69) is 12.2 Å². The van der Waals surface area contributed by atoms with Gasteiger partial charge in [0, 0.05) is 19.0 Å². The standard InChI is InChI=1S/C18H24F2N2O.ClH/c1-2-21-11-12-6-8-22(9-7-12)18(23)15-10-14(15)13-4-3-5-16(19)17(13)20;/h3-5,12,14-15,21H,2,6-11H2,1H3;1H. The Kier molecular flexibility index (Phi) is 6.58. The van der Waals surface area contributed by atoms with E-state index in [1.807, 2.05) is 4.90 Å². The van der Waals surface area contributed by atoms with Crippen LogP contribution in [-0.4, -0.2) is 37.0 Å². The monoisotopic (exact) mass is 358 g/mol. The molecule has 0 spiro atoms. The van der Waals surface area contributed by atoms with Gasteiger partial charge in [0.25, 0.3) is 0 Å². The van der Waals surface area contributed by atoms with E-state index in [-0.39, 0.29) is 30.2 Å². The molecule has 0 radical (unpaired) electrons. The average Bonchev–Trinajstić information content (AvgIpc) is 3.36. The van der Waals surface area contributed by atoms with E-state index in [1.165, 1.54) is 6.07 Å². The Bertz CT molecular complexity index is 576. The summed E-state index contributed by atoms with van der Waals surface area (Å²) in [4.78, 5) is 14.5. The zero-order chi connectivity index (χ0) is 16.4. The Morgan fingerprint density at radius 1 is 1.29 bits per heavy atom. The van der Waals surface area contributed by atoms with Gasteiger partial charge in [-0.15, -0.1) is 12.4 Å². The van der Waals surface area contributed by atoms with Crippen LogP contribution in [0.1, 0.15) is 37.7 Å². The molecule has 0 bridgehead atoms. The normalized spacial score (nSPS) is 23.7. The molecule has 0 aromatic heterocycles. The van der Waals surface area contributed by atoms with Gasteiger partial charge in [0.1, 0.15) is 0 Å². The second kappa shape index (κ2) is 8.26. The molecular formula is C18H25ClF2N2O. The van der Waals surface area contributed by atoms with Gasteiger partial charge in [-0.1, -0.05) is 19.1 Å². The minimum atomic E-state index is -0.829. The van der Waals surface area contributed by atoms with E-state index in [1.54, 1.807) is 6.07 Å². The highest BCUT2D eigenvalue weighted by molar-refractivity contribution is 5.85. The van der Waals surface area contributed by atoms with Crippen LogP contribution >= 0.6 is 12.4 Å². The van der Waals surface area contributed by atoms with Crippen LogP contribution in [0.15, 0.2) is 18.2 Å². The molecule has 134 valence electrons. The van der Waals surface area contributed by atoms with Crippen molar-refractivity contribution in [3.8, 4) is 0 Å². The predicted molar refractivity (Wildman–Crippen MR) is 92.3 cm³/mol. The van der Waals surface area contributed by atoms with Gasteiger partial charge in [0.2, 0.25) is 5.91 Å². The summed E-state index contributed by atoms with van der Waals surface area (Å²) >= 11 is 0. The maximum atomic E-state index is 13.8. The van der Waals surface area contributed by atoms with Gasteiger partial charge >= 0.3 is 0 Å². The molecule has 2 fully saturated rings. The number of nitrogens with zero attached hydrogens (tertiary/aromatic N) is 1. The number of nitrogens with one attached hydrogen (secondary N) is 1. The molecule has 3 nitrogen and oxygen atoms in total. The van der Waals surface area contributed by atoms with Gasteiger partial charge < -0.3 is 10.2 Å². The van der Waals surface area contributed by atoms with Gasteiger partial charge in [-0.25, -0.2) is 8.78 Å². The van der Waals surface area contributed by atoms with E-state index in [9.17, 15) is 13.6 Å². The highest BCUT2D eigenvalue weighted by Crippen LogP contribution is 2.49. The molecule has 2 atom stereocenters. The van der Waals surface area contributed by atoms with Crippen molar-refractivity contribution in [2.75, 3.05) is 26.2 Å². The van der Waals surface area contributed by atoms with Crippen LogP contribution in [0.3, 0.4) is 0 Å². The smallest absolute Gasteiger partial charge is 0.226 e. The van der Waals surface area contributed by atoms with E-state index in [4.69, 9.17) is 0 Å². The summed E-state index contributed by atoms with van der Waals surface area (Å²) in [7, 11) is 0. The van der Waals surface area contributed by atoms with Crippen molar-refractivity contribution >= 4 is 18.3 Å². The van der Waals surface area contributed by atoms with Crippen molar-refractivity contribution in [3.05, 3.63) is 35.4 Å². The van der Waals surface area contributed by atoms with Crippen molar-refractivity contribution < 1.29 is 13.6 Å². The summed E-state index contributed by atoms with van der Waals surface area (Å²) in [6, 6.07) is 4.23. The molecule has 1 amide bonds. The van der Waals surface area contributed by atoms with Crippen molar-refractivity contribution in [3.63, 3.8) is 0 Å². The Labute approximate surface area is 148 Å². The van der Waals surface area contributed by atoms with E-state index < -0.39 is 11.6 Å². The predicted octanol–water partition coefficient (Wildman–Crippen LogP) is 3.34. The number of carbonyl (C=O) groups is 1. The van der Waals surface area contributed by atoms with E-state index >= 15 is 0 Å². The summed E-state index contributed by atoms with van der Waals surface area (Å²) in [6.07, 6.45) is 2.67. The minimum absolute atomic E-state index is 0. The lowest BCUT2D eigenvalue weighted by atomic mass is 9.96. The van der Waals surface area contributed by atoms with E-state index in [0.29, 0.717) is 17.9 Å². The summed E-state index contributed by atoms with van der Waals surface area (Å²) in [5.74, 6) is -1.20. The number of piperidine rings is 1. The molecule has 1 aliphatic carbocycles. The molecule has 24 heavy (non-hydrogen) atoms. The quantitative estimate of drug-likeness (QED) is 0.875. The Morgan fingerprint density at radius 2 is 2.00 bits per heavy atom. The van der Waals surface area contributed by atoms with Crippen molar-refractivity contribution in [2.45, 2.75) is 32.1 Å². The fourth-order valence-electron chi connectivity index (χ4n) is 3.56. The number of benzene rings is 1.